The first kappa shape index (κ1) is 20.0. The summed E-state index contributed by atoms with van der Waals surface area (Å²) < 4.78 is 5.27. The molecule has 1 aliphatic carbocycles. The van der Waals surface area contributed by atoms with Crippen molar-refractivity contribution in [2.75, 3.05) is 11.9 Å². The van der Waals surface area contributed by atoms with Crippen LogP contribution in [0.5, 0.6) is 0 Å². The highest BCUT2D eigenvalue weighted by atomic mass is 32.1. The lowest BCUT2D eigenvalue weighted by Crippen LogP contribution is -2.21. The second-order valence-electron chi connectivity index (χ2n) is 7.00. The maximum absolute atomic E-state index is 12.5. The van der Waals surface area contributed by atoms with Gasteiger partial charge in [-0.3, -0.25) is 4.79 Å². The topological polar surface area (TPSA) is 55.4 Å². The van der Waals surface area contributed by atoms with Crippen LogP contribution in [0.3, 0.4) is 0 Å². The number of hydrogen-bond acceptors (Lipinski definition) is 4. The average Bonchev–Trinajstić information content (AvgIpc) is 2.92. The van der Waals surface area contributed by atoms with Crippen molar-refractivity contribution in [1.29, 1.82) is 0 Å². The van der Waals surface area contributed by atoms with Gasteiger partial charge in [0.1, 0.15) is 5.00 Å². The lowest BCUT2D eigenvalue weighted by Gasteiger charge is -2.21. The minimum Gasteiger partial charge on any atom is -0.462 e. The summed E-state index contributed by atoms with van der Waals surface area (Å²) >= 11 is 1.58. The van der Waals surface area contributed by atoms with E-state index >= 15 is 0 Å². The highest BCUT2D eigenvalue weighted by molar-refractivity contribution is 7.17. The fourth-order valence-electron chi connectivity index (χ4n) is 3.62. The molecule has 0 aliphatic heterocycles. The van der Waals surface area contributed by atoms with Crippen LogP contribution in [0, 0.1) is 11.8 Å². The van der Waals surface area contributed by atoms with Gasteiger partial charge in [-0.15, -0.1) is 11.3 Å². The van der Waals surface area contributed by atoms with Crippen LogP contribution in [0.2, 0.25) is 0 Å². The van der Waals surface area contributed by atoms with Crippen LogP contribution in [0.25, 0.3) is 0 Å². The molecule has 0 unspecified atom stereocenters. The molecule has 0 aromatic carbocycles. The van der Waals surface area contributed by atoms with Crippen molar-refractivity contribution in [2.45, 2.75) is 72.6 Å². The summed E-state index contributed by atoms with van der Waals surface area (Å²) in [5.41, 5.74) is 1.71. The van der Waals surface area contributed by atoms with Crippen molar-refractivity contribution in [1.82, 2.24) is 0 Å². The monoisotopic (exact) mass is 365 g/mol. The van der Waals surface area contributed by atoms with E-state index in [9.17, 15) is 9.59 Å². The zero-order chi connectivity index (χ0) is 18.4. The molecular formula is C20H31NO3S. The summed E-state index contributed by atoms with van der Waals surface area (Å²) in [6.07, 6.45) is 7.27. The van der Waals surface area contributed by atoms with E-state index in [1.54, 1.807) is 11.3 Å². The smallest absolute Gasteiger partial charge is 0.341 e. The first-order valence-electron chi connectivity index (χ1n) is 9.64. The number of rotatable bonds is 8. The van der Waals surface area contributed by atoms with E-state index in [-0.39, 0.29) is 17.8 Å². The Morgan fingerprint density at radius 3 is 2.68 bits per heavy atom. The van der Waals surface area contributed by atoms with E-state index < -0.39 is 0 Å². The number of thiophene rings is 1. The van der Waals surface area contributed by atoms with Crippen LogP contribution in [0.4, 0.5) is 5.00 Å². The van der Waals surface area contributed by atoms with Crippen molar-refractivity contribution < 1.29 is 14.3 Å². The van der Waals surface area contributed by atoms with Crippen molar-refractivity contribution in [3.05, 3.63) is 16.0 Å². The number of esters is 1. The Balaban J connectivity index is 2.28. The quantitative estimate of drug-likeness (QED) is 0.644. The van der Waals surface area contributed by atoms with Gasteiger partial charge in [-0.1, -0.05) is 40.0 Å². The van der Waals surface area contributed by atoms with Gasteiger partial charge in [0.05, 0.1) is 12.2 Å². The van der Waals surface area contributed by atoms with Gasteiger partial charge in [-0.05, 0) is 44.1 Å². The standard InChI is InChI=1S/C20H31NO3S/c1-5-8-13(4)18(22)21-19-17(20(23)24-7-3)15-11-10-14(9-6-2)12-16(15)25-19/h13-14H,5-12H2,1-4H3,(H,21,22)/t13-,14-/m0/s1. The van der Waals surface area contributed by atoms with Gasteiger partial charge in [0.15, 0.2) is 0 Å². The van der Waals surface area contributed by atoms with Crippen LogP contribution < -0.4 is 5.32 Å². The lowest BCUT2D eigenvalue weighted by atomic mass is 9.84. The molecule has 1 aromatic rings. The van der Waals surface area contributed by atoms with Gasteiger partial charge >= 0.3 is 5.97 Å². The molecule has 140 valence electrons. The predicted molar refractivity (Wildman–Crippen MR) is 103 cm³/mol. The van der Waals surface area contributed by atoms with E-state index in [1.165, 1.54) is 17.7 Å². The molecule has 4 nitrogen and oxygen atoms in total. The first-order valence-corrected chi connectivity index (χ1v) is 10.5. The molecule has 0 fully saturated rings. The molecule has 0 radical (unpaired) electrons. The summed E-state index contributed by atoms with van der Waals surface area (Å²) in [6, 6.07) is 0. The van der Waals surface area contributed by atoms with Crippen LogP contribution in [0.1, 0.15) is 80.6 Å². The third-order valence-electron chi connectivity index (χ3n) is 4.95. The molecule has 2 rings (SSSR count). The minimum absolute atomic E-state index is 0.00361. The zero-order valence-electron chi connectivity index (χ0n) is 15.9. The molecule has 0 saturated carbocycles. The molecule has 1 aliphatic rings. The third kappa shape index (κ3) is 4.84. The van der Waals surface area contributed by atoms with Gasteiger partial charge in [0.2, 0.25) is 5.91 Å². The maximum Gasteiger partial charge on any atom is 0.341 e. The maximum atomic E-state index is 12.5. The highest BCUT2D eigenvalue weighted by Gasteiger charge is 2.30. The van der Waals surface area contributed by atoms with Crippen molar-refractivity contribution >= 4 is 28.2 Å². The summed E-state index contributed by atoms with van der Waals surface area (Å²) in [6.45, 7) is 8.39. The number of ether oxygens (including phenoxy) is 1. The van der Waals surface area contributed by atoms with Gasteiger partial charge in [0, 0.05) is 10.8 Å². The number of anilines is 1. The molecule has 0 saturated heterocycles. The van der Waals surface area contributed by atoms with Crippen LogP contribution in [0.15, 0.2) is 0 Å². The number of carbonyl (C=O) groups excluding carboxylic acids is 2. The minimum atomic E-state index is -0.299. The van der Waals surface area contributed by atoms with Crippen LogP contribution in [-0.4, -0.2) is 18.5 Å². The third-order valence-corrected chi connectivity index (χ3v) is 6.12. The normalized spacial score (nSPS) is 17.7. The number of fused-ring (bicyclic) bond motifs is 1. The molecule has 5 heteroatoms. The van der Waals surface area contributed by atoms with E-state index in [0.29, 0.717) is 23.1 Å². The average molecular weight is 366 g/mol. The van der Waals surface area contributed by atoms with Gasteiger partial charge in [-0.25, -0.2) is 4.79 Å². The fraction of sp³-hybridized carbons (Fsp3) is 0.700. The van der Waals surface area contributed by atoms with Crippen molar-refractivity contribution in [3.8, 4) is 0 Å². The van der Waals surface area contributed by atoms with Gasteiger partial charge in [0.25, 0.3) is 0 Å². The molecule has 25 heavy (non-hydrogen) atoms. The predicted octanol–water partition coefficient (Wildman–Crippen LogP) is 5.20. The number of nitrogens with one attached hydrogen (secondary N) is 1. The molecule has 1 N–H and O–H groups in total. The molecule has 1 heterocycles. The van der Waals surface area contributed by atoms with Crippen LogP contribution >= 0.6 is 11.3 Å². The Morgan fingerprint density at radius 1 is 1.28 bits per heavy atom. The summed E-state index contributed by atoms with van der Waals surface area (Å²) in [5, 5.41) is 3.71. The Bertz CT molecular complexity index is 608. The fourth-order valence-corrected chi connectivity index (χ4v) is 4.97. The Morgan fingerprint density at radius 2 is 2.04 bits per heavy atom. The van der Waals surface area contributed by atoms with E-state index in [0.717, 1.165) is 37.7 Å². The second kappa shape index (κ2) is 9.37. The van der Waals surface area contributed by atoms with Gasteiger partial charge < -0.3 is 10.1 Å². The lowest BCUT2D eigenvalue weighted by molar-refractivity contribution is -0.119. The largest absolute Gasteiger partial charge is 0.462 e. The van der Waals surface area contributed by atoms with Crippen molar-refractivity contribution in [2.24, 2.45) is 11.8 Å². The second-order valence-corrected chi connectivity index (χ2v) is 8.11. The van der Waals surface area contributed by atoms with E-state index in [4.69, 9.17) is 4.74 Å². The first-order chi connectivity index (χ1) is 12.0. The molecule has 2 atom stereocenters. The molecule has 0 spiro atoms. The Kier molecular flexibility index (Phi) is 7.48. The highest BCUT2D eigenvalue weighted by Crippen LogP contribution is 2.41. The van der Waals surface area contributed by atoms with Crippen LogP contribution in [-0.2, 0) is 22.4 Å². The summed E-state index contributed by atoms with van der Waals surface area (Å²) in [7, 11) is 0. The van der Waals surface area contributed by atoms with E-state index in [1.807, 2.05) is 13.8 Å². The zero-order valence-corrected chi connectivity index (χ0v) is 16.8. The Hall–Kier alpha value is -1.36. The summed E-state index contributed by atoms with van der Waals surface area (Å²) in [5.74, 6) is 0.337. The molecule has 1 aromatic heterocycles. The summed E-state index contributed by atoms with van der Waals surface area (Å²) in [4.78, 5) is 26.2. The number of hydrogen-bond donors (Lipinski definition) is 1. The SMILES string of the molecule is CCC[C@H]1CCc2c(sc(NC(=O)[C@@H](C)CCC)c2C(=O)OCC)C1. The number of carbonyl (C=O) groups is 2. The number of amides is 1. The van der Waals surface area contributed by atoms with Crippen molar-refractivity contribution in [3.63, 3.8) is 0 Å². The molecular weight excluding hydrogens is 334 g/mol. The Labute approximate surface area is 155 Å². The molecule has 0 bridgehead atoms. The van der Waals surface area contributed by atoms with Gasteiger partial charge in [-0.2, -0.15) is 0 Å². The van der Waals surface area contributed by atoms with E-state index in [2.05, 4.69) is 19.2 Å². The molecule has 1 amide bonds.